The van der Waals surface area contributed by atoms with Crippen LogP contribution in [0, 0.1) is 0 Å². The number of nitrogens with one attached hydrogen (secondary N) is 1. The standard InChI is InChI=1S/C19H32N4O3/c1-3-20-19(21-9-6-14-26-16-15-25-2)23-12-10-22(11-13-23)17-7-4-5-8-18(17)24/h4-5,7-8,24H,3,6,9-16H2,1-2H3,(H,20,21). The molecule has 1 aromatic carbocycles. The zero-order chi connectivity index (χ0) is 18.6. The van der Waals surface area contributed by atoms with E-state index in [0.717, 1.165) is 57.3 Å². The van der Waals surface area contributed by atoms with Crippen LogP contribution in [0.5, 0.6) is 5.75 Å². The summed E-state index contributed by atoms with van der Waals surface area (Å²) in [6, 6.07) is 7.52. The van der Waals surface area contributed by atoms with E-state index in [2.05, 4.69) is 22.0 Å². The highest BCUT2D eigenvalue weighted by Gasteiger charge is 2.21. The molecule has 0 aromatic heterocycles. The van der Waals surface area contributed by atoms with Gasteiger partial charge in [0.15, 0.2) is 5.96 Å². The predicted molar refractivity (Wildman–Crippen MR) is 105 cm³/mol. The van der Waals surface area contributed by atoms with Gasteiger partial charge in [-0.25, -0.2) is 0 Å². The number of ether oxygens (including phenoxy) is 2. The second kappa shape index (κ2) is 11.6. The molecule has 2 rings (SSSR count). The maximum atomic E-state index is 10.0. The van der Waals surface area contributed by atoms with E-state index in [0.29, 0.717) is 25.6 Å². The third kappa shape index (κ3) is 6.38. The van der Waals surface area contributed by atoms with Crippen molar-refractivity contribution in [3.8, 4) is 5.75 Å². The van der Waals surface area contributed by atoms with E-state index < -0.39 is 0 Å². The van der Waals surface area contributed by atoms with Crippen molar-refractivity contribution >= 4 is 11.6 Å². The highest BCUT2D eigenvalue weighted by molar-refractivity contribution is 5.80. The number of anilines is 1. The van der Waals surface area contributed by atoms with Crippen LogP contribution in [-0.2, 0) is 9.47 Å². The van der Waals surface area contributed by atoms with Crippen LogP contribution in [0.3, 0.4) is 0 Å². The number of aromatic hydroxyl groups is 1. The molecule has 7 heteroatoms. The Morgan fingerprint density at radius 1 is 1.15 bits per heavy atom. The highest BCUT2D eigenvalue weighted by atomic mass is 16.5. The smallest absolute Gasteiger partial charge is 0.194 e. The molecule has 1 aliphatic rings. The number of rotatable bonds is 9. The number of aliphatic imine (C=N–C) groups is 1. The first-order chi connectivity index (χ1) is 12.8. The lowest BCUT2D eigenvalue weighted by Crippen LogP contribution is -2.52. The summed E-state index contributed by atoms with van der Waals surface area (Å²) < 4.78 is 10.4. The second-order valence-corrected chi connectivity index (χ2v) is 6.16. The van der Waals surface area contributed by atoms with Gasteiger partial charge in [0, 0.05) is 53.0 Å². The molecule has 1 aliphatic heterocycles. The lowest BCUT2D eigenvalue weighted by atomic mass is 10.2. The Morgan fingerprint density at radius 2 is 1.92 bits per heavy atom. The Hall–Kier alpha value is -1.99. The molecule has 0 aliphatic carbocycles. The van der Waals surface area contributed by atoms with Gasteiger partial charge in [0.1, 0.15) is 5.75 Å². The number of methoxy groups -OCH3 is 1. The fraction of sp³-hybridized carbons (Fsp3) is 0.632. The molecular formula is C19H32N4O3. The Morgan fingerprint density at radius 3 is 2.62 bits per heavy atom. The Kier molecular flexibility index (Phi) is 9.06. The molecule has 0 spiro atoms. The molecule has 1 saturated heterocycles. The van der Waals surface area contributed by atoms with Crippen LogP contribution in [0.15, 0.2) is 29.3 Å². The molecule has 0 bridgehead atoms. The summed E-state index contributed by atoms with van der Waals surface area (Å²) in [7, 11) is 1.68. The number of nitrogens with zero attached hydrogens (tertiary/aromatic N) is 3. The van der Waals surface area contributed by atoms with Crippen LogP contribution in [0.2, 0.25) is 0 Å². The lowest BCUT2D eigenvalue weighted by Gasteiger charge is -2.37. The van der Waals surface area contributed by atoms with Crippen molar-refractivity contribution < 1.29 is 14.6 Å². The first-order valence-electron chi connectivity index (χ1n) is 9.39. The fourth-order valence-electron chi connectivity index (χ4n) is 2.91. The van der Waals surface area contributed by atoms with E-state index >= 15 is 0 Å². The average molecular weight is 364 g/mol. The molecule has 1 heterocycles. The van der Waals surface area contributed by atoms with Crippen molar-refractivity contribution in [3.05, 3.63) is 24.3 Å². The molecule has 0 unspecified atom stereocenters. The molecule has 0 radical (unpaired) electrons. The monoisotopic (exact) mass is 364 g/mol. The van der Waals surface area contributed by atoms with Gasteiger partial charge in [0.05, 0.1) is 18.9 Å². The summed E-state index contributed by atoms with van der Waals surface area (Å²) in [5.41, 5.74) is 0.905. The number of hydrogen-bond donors (Lipinski definition) is 2. The predicted octanol–water partition coefficient (Wildman–Crippen LogP) is 1.53. The molecule has 146 valence electrons. The van der Waals surface area contributed by atoms with Crippen molar-refractivity contribution in [1.29, 1.82) is 0 Å². The number of hydrogen-bond acceptors (Lipinski definition) is 5. The zero-order valence-electron chi connectivity index (χ0n) is 16.0. The van der Waals surface area contributed by atoms with Crippen LogP contribution in [-0.4, -0.2) is 82.2 Å². The van der Waals surface area contributed by atoms with E-state index in [-0.39, 0.29) is 0 Å². The minimum absolute atomic E-state index is 0.343. The minimum atomic E-state index is 0.343. The SMILES string of the molecule is CCNC(=NCCCOCCOC)N1CCN(c2ccccc2O)CC1. The molecule has 26 heavy (non-hydrogen) atoms. The summed E-state index contributed by atoms with van der Waals surface area (Å²) in [5.74, 6) is 1.30. The normalized spacial score (nSPS) is 15.4. The van der Waals surface area contributed by atoms with Gasteiger partial charge < -0.3 is 29.7 Å². The summed E-state index contributed by atoms with van der Waals surface area (Å²) >= 11 is 0. The maximum absolute atomic E-state index is 10.0. The molecular weight excluding hydrogens is 332 g/mol. The van der Waals surface area contributed by atoms with E-state index in [1.807, 2.05) is 18.2 Å². The maximum Gasteiger partial charge on any atom is 0.194 e. The third-order valence-electron chi connectivity index (χ3n) is 4.28. The largest absolute Gasteiger partial charge is 0.506 e. The van der Waals surface area contributed by atoms with Crippen molar-refractivity contribution in [2.75, 3.05) is 71.1 Å². The van der Waals surface area contributed by atoms with Crippen molar-refractivity contribution in [1.82, 2.24) is 10.2 Å². The Labute approximate surface area is 156 Å². The second-order valence-electron chi connectivity index (χ2n) is 6.16. The Bertz CT molecular complexity index is 545. The Balaban J connectivity index is 1.79. The summed E-state index contributed by atoms with van der Waals surface area (Å²) in [4.78, 5) is 9.23. The summed E-state index contributed by atoms with van der Waals surface area (Å²) in [6.45, 7) is 9.13. The van der Waals surface area contributed by atoms with Gasteiger partial charge in [-0.3, -0.25) is 4.99 Å². The first-order valence-corrected chi connectivity index (χ1v) is 9.39. The molecule has 2 N–H and O–H groups in total. The van der Waals surface area contributed by atoms with Crippen LogP contribution in [0.25, 0.3) is 0 Å². The number of benzene rings is 1. The third-order valence-corrected chi connectivity index (χ3v) is 4.28. The first kappa shape index (κ1) is 20.3. The van der Waals surface area contributed by atoms with Crippen molar-refractivity contribution in [2.45, 2.75) is 13.3 Å². The van der Waals surface area contributed by atoms with Gasteiger partial charge in [-0.05, 0) is 25.5 Å². The minimum Gasteiger partial charge on any atom is -0.506 e. The van der Waals surface area contributed by atoms with Gasteiger partial charge in [-0.2, -0.15) is 0 Å². The van der Waals surface area contributed by atoms with Gasteiger partial charge >= 0.3 is 0 Å². The van der Waals surface area contributed by atoms with E-state index in [1.54, 1.807) is 13.2 Å². The van der Waals surface area contributed by atoms with Crippen molar-refractivity contribution in [3.63, 3.8) is 0 Å². The summed E-state index contributed by atoms with van der Waals surface area (Å²) in [5, 5.41) is 13.4. The van der Waals surface area contributed by atoms with Gasteiger partial charge in [0.25, 0.3) is 0 Å². The van der Waals surface area contributed by atoms with Crippen LogP contribution >= 0.6 is 0 Å². The topological polar surface area (TPSA) is 69.6 Å². The number of para-hydroxylation sites is 2. The van der Waals surface area contributed by atoms with Crippen LogP contribution in [0.4, 0.5) is 5.69 Å². The van der Waals surface area contributed by atoms with Crippen LogP contribution in [0.1, 0.15) is 13.3 Å². The highest BCUT2D eigenvalue weighted by Crippen LogP contribution is 2.27. The van der Waals surface area contributed by atoms with E-state index in [9.17, 15) is 5.11 Å². The van der Waals surface area contributed by atoms with Gasteiger partial charge in [0.2, 0.25) is 0 Å². The summed E-state index contributed by atoms with van der Waals surface area (Å²) in [6.07, 6.45) is 0.899. The molecule has 0 atom stereocenters. The van der Waals surface area contributed by atoms with Crippen molar-refractivity contribution in [2.24, 2.45) is 4.99 Å². The van der Waals surface area contributed by atoms with Gasteiger partial charge in [-0.15, -0.1) is 0 Å². The van der Waals surface area contributed by atoms with Crippen LogP contribution < -0.4 is 10.2 Å². The molecule has 1 aromatic rings. The number of guanidine groups is 1. The fourth-order valence-corrected chi connectivity index (χ4v) is 2.91. The quantitative estimate of drug-likeness (QED) is 0.393. The number of phenolic OH excluding ortho intramolecular Hbond substituents is 1. The van der Waals surface area contributed by atoms with Gasteiger partial charge in [-0.1, -0.05) is 12.1 Å². The lowest BCUT2D eigenvalue weighted by molar-refractivity contribution is 0.0702. The molecule has 7 nitrogen and oxygen atoms in total. The molecule has 0 saturated carbocycles. The molecule has 1 fully saturated rings. The van der Waals surface area contributed by atoms with E-state index in [1.165, 1.54) is 0 Å². The molecule has 0 amide bonds. The number of piperazine rings is 1. The average Bonchev–Trinajstić information content (AvgIpc) is 2.67. The van der Waals surface area contributed by atoms with E-state index in [4.69, 9.17) is 14.5 Å². The number of phenols is 1. The zero-order valence-corrected chi connectivity index (χ0v) is 16.0.